The maximum absolute atomic E-state index is 12.9. The van der Waals surface area contributed by atoms with Crippen molar-refractivity contribution >= 4 is 17.7 Å². The van der Waals surface area contributed by atoms with Crippen LogP contribution in [0.15, 0.2) is 18.3 Å². The Morgan fingerprint density at radius 3 is 2.62 bits per heavy atom. The number of hydrogen-bond acceptors (Lipinski definition) is 4. The summed E-state index contributed by atoms with van der Waals surface area (Å²) in [6.07, 6.45) is 6.53. The predicted molar refractivity (Wildman–Crippen MR) is 98.2 cm³/mol. The highest BCUT2D eigenvalue weighted by Gasteiger charge is 2.55. The summed E-state index contributed by atoms with van der Waals surface area (Å²) in [5, 5.41) is 9.69. The fourth-order valence-electron chi connectivity index (χ4n) is 4.91. The van der Waals surface area contributed by atoms with Gasteiger partial charge in [-0.05, 0) is 49.7 Å². The molecular formula is C20H27N3O3. The Balaban J connectivity index is 1.45. The molecule has 2 saturated heterocycles. The molecule has 2 atom stereocenters. The normalized spacial score (nSPS) is 29.0. The lowest BCUT2D eigenvalue weighted by Crippen LogP contribution is -2.37. The SMILES string of the molecule is CC1CCN(c2ccc(C(=O)N3C[C@@H]4CCC[C@@]4(C(=O)O)C3)cn2)CC1. The highest BCUT2D eigenvalue weighted by atomic mass is 16.4. The summed E-state index contributed by atoms with van der Waals surface area (Å²) in [7, 11) is 0. The van der Waals surface area contributed by atoms with Gasteiger partial charge in [0, 0.05) is 32.4 Å². The van der Waals surface area contributed by atoms with Crippen molar-refractivity contribution in [3.8, 4) is 0 Å². The van der Waals surface area contributed by atoms with Crippen LogP contribution in [0.5, 0.6) is 0 Å². The molecule has 0 spiro atoms. The molecule has 1 saturated carbocycles. The minimum absolute atomic E-state index is 0.0894. The topological polar surface area (TPSA) is 73.7 Å². The molecule has 3 fully saturated rings. The zero-order valence-electron chi connectivity index (χ0n) is 15.4. The molecular weight excluding hydrogens is 330 g/mol. The van der Waals surface area contributed by atoms with Crippen LogP contribution in [0, 0.1) is 17.3 Å². The van der Waals surface area contributed by atoms with E-state index in [-0.39, 0.29) is 11.8 Å². The molecule has 1 aromatic rings. The summed E-state index contributed by atoms with van der Waals surface area (Å²) in [5.41, 5.74) is -0.173. The fraction of sp³-hybridized carbons (Fsp3) is 0.650. The highest BCUT2D eigenvalue weighted by Crippen LogP contribution is 2.49. The van der Waals surface area contributed by atoms with Gasteiger partial charge in [-0.1, -0.05) is 13.3 Å². The molecule has 1 N–H and O–H groups in total. The molecule has 0 radical (unpaired) electrons. The third-order valence-electron chi connectivity index (χ3n) is 6.69. The van der Waals surface area contributed by atoms with Gasteiger partial charge >= 0.3 is 5.97 Å². The number of hydrogen-bond donors (Lipinski definition) is 1. The summed E-state index contributed by atoms with van der Waals surface area (Å²) < 4.78 is 0. The molecule has 1 aromatic heterocycles. The van der Waals surface area contributed by atoms with Crippen molar-refractivity contribution in [3.63, 3.8) is 0 Å². The van der Waals surface area contributed by atoms with Crippen LogP contribution in [-0.4, -0.2) is 53.0 Å². The van der Waals surface area contributed by atoms with E-state index >= 15 is 0 Å². The van der Waals surface area contributed by atoms with Crippen LogP contribution in [0.1, 0.15) is 49.4 Å². The Kier molecular flexibility index (Phi) is 4.37. The van der Waals surface area contributed by atoms with Crippen LogP contribution >= 0.6 is 0 Å². The van der Waals surface area contributed by atoms with Crippen LogP contribution < -0.4 is 4.90 Å². The molecule has 4 rings (SSSR count). The average molecular weight is 357 g/mol. The van der Waals surface area contributed by atoms with Crippen molar-refractivity contribution in [2.75, 3.05) is 31.1 Å². The van der Waals surface area contributed by atoms with Crippen LogP contribution in [-0.2, 0) is 4.79 Å². The molecule has 1 amide bonds. The highest BCUT2D eigenvalue weighted by molar-refractivity contribution is 5.95. The summed E-state index contributed by atoms with van der Waals surface area (Å²) in [5.74, 6) is 0.943. The van der Waals surface area contributed by atoms with E-state index in [0.29, 0.717) is 25.1 Å². The summed E-state index contributed by atoms with van der Waals surface area (Å²) in [6.45, 7) is 5.18. The number of carbonyl (C=O) groups excluding carboxylic acids is 1. The van der Waals surface area contributed by atoms with E-state index in [1.807, 2.05) is 12.1 Å². The number of carboxylic acid groups (broad SMARTS) is 1. The number of pyridine rings is 1. The van der Waals surface area contributed by atoms with Crippen molar-refractivity contribution in [2.45, 2.75) is 39.0 Å². The van der Waals surface area contributed by atoms with Crippen molar-refractivity contribution in [3.05, 3.63) is 23.9 Å². The fourth-order valence-corrected chi connectivity index (χ4v) is 4.91. The molecule has 3 aliphatic rings. The second-order valence-corrected chi connectivity index (χ2v) is 8.31. The first-order chi connectivity index (χ1) is 12.5. The minimum Gasteiger partial charge on any atom is -0.481 e. The van der Waals surface area contributed by atoms with E-state index < -0.39 is 11.4 Å². The number of carboxylic acids is 1. The third-order valence-corrected chi connectivity index (χ3v) is 6.69. The summed E-state index contributed by atoms with van der Waals surface area (Å²) >= 11 is 0. The number of fused-ring (bicyclic) bond motifs is 1. The van der Waals surface area contributed by atoms with Gasteiger partial charge in [0.05, 0.1) is 11.0 Å². The van der Waals surface area contributed by atoms with E-state index in [1.165, 1.54) is 12.8 Å². The van der Waals surface area contributed by atoms with Gasteiger partial charge in [-0.3, -0.25) is 9.59 Å². The van der Waals surface area contributed by atoms with Gasteiger partial charge in [-0.2, -0.15) is 0 Å². The zero-order chi connectivity index (χ0) is 18.3. The number of nitrogens with zero attached hydrogens (tertiary/aromatic N) is 3. The number of anilines is 1. The Morgan fingerprint density at radius 1 is 1.23 bits per heavy atom. The Labute approximate surface area is 154 Å². The van der Waals surface area contributed by atoms with Gasteiger partial charge < -0.3 is 14.9 Å². The largest absolute Gasteiger partial charge is 0.481 e. The number of rotatable bonds is 3. The molecule has 6 nitrogen and oxygen atoms in total. The van der Waals surface area contributed by atoms with Gasteiger partial charge in [0.25, 0.3) is 5.91 Å². The van der Waals surface area contributed by atoms with E-state index in [0.717, 1.165) is 37.7 Å². The van der Waals surface area contributed by atoms with Crippen LogP contribution in [0.3, 0.4) is 0 Å². The molecule has 0 unspecified atom stereocenters. The van der Waals surface area contributed by atoms with E-state index in [2.05, 4.69) is 16.8 Å². The van der Waals surface area contributed by atoms with Gasteiger partial charge in [0.2, 0.25) is 0 Å². The van der Waals surface area contributed by atoms with Gasteiger partial charge in [0.1, 0.15) is 5.82 Å². The number of carbonyl (C=O) groups is 2. The van der Waals surface area contributed by atoms with E-state index in [4.69, 9.17) is 0 Å². The smallest absolute Gasteiger partial charge is 0.311 e. The molecule has 2 aliphatic heterocycles. The first-order valence-corrected chi connectivity index (χ1v) is 9.73. The molecule has 3 heterocycles. The first-order valence-electron chi connectivity index (χ1n) is 9.73. The molecule has 6 heteroatoms. The minimum atomic E-state index is -0.747. The number of likely N-dealkylation sites (tertiary alicyclic amines) is 1. The Morgan fingerprint density at radius 2 is 2.00 bits per heavy atom. The number of amides is 1. The van der Waals surface area contributed by atoms with Crippen LogP contribution in [0.25, 0.3) is 0 Å². The van der Waals surface area contributed by atoms with E-state index in [1.54, 1.807) is 11.1 Å². The first kappa shape index (κ1) is 17.3. The maximum atomic E-state index is 12.9. The van der Waals surface area contributed by atoms with Crippen molar-refractivity contribution < 1.29 is 14.7 Å². The van der Waals surface area contributed by atoms with Crippen LogP contribution in [0.4, 0.5) is 5.82 Å². The Bertz CT molecular complexity index is 697. The molecule has 1 aliphatic carbocycles. The molecule has 0 bridgehead atoms. The molecule has 26 heavy (non-hydrogen) atoms. The average Bonchev–Trinajstić information content (AvgIpc) is 3.20. The number of aromatic nitrogens is 1. The number of aliphatic carboxylic acids is 1. The van der Waals surface area contributed by atoms with Gasteiger partial charge in [-0.25, -0.2) is 4.98 Å². The third kappa shape index (κ3) is 2.85. The predicted octanol–water partition coefficient (Wildman–Crippen LogP) is 2.64. The standard InChI is InChI=1S/C20H27N3O3/c1-14-6-9-22(10-7-14)17-5-4-15(11-21-17)18(24)23-12-16-3-2-8-20(16,13-23)19(25)26/h4-5,11,14,16H,2-3,6-10,12-13H2,1H3,(H,25,26)/t16-,20+/m0/s1. The Hall–Kier alpha value is -2.11. The van der Waals surface area contributed by atoms with Gasteiger partial charge in [-0.15, -0.1) is 0 Å². The monoisotopic (exact) mass is 357 g/mol. The van der Waals surface area contributed by atoms with Crippen molar-refractivity contribution in [2.24, 2.45) is 17.3 Å². The molecule has 140 valence electrons. The lowest BCUT2D eigenvalue weighted by molar-refractivity contribution is -0.149. The van der Waals surface area contributed by atoms with Crippen molar-refractivity contribution in [1.82, 2.24) is 9.88 Å². The second-order valence-electron chi connectivity index (χ2n) is 8.31. The van der Waals surface area contributed by atoms with Gasteiger partial charge in [0.15, 0.2) is 0 Å². The quantitative estimate of drug-likeness (QED) is 0.900. The lowest BCUT2D eigenvalue weighted by atomic mass is 9.81. The summed E-state index contributed by atoms with van der Waals surface area (Å²) in [4.78, 5) is 33.1. The molecule has 0 aromatic carbocycles. The van der Waals surface area contributed by atoms with Crippen molar-refractivity contribution in [1.29, 1.82) is 0 Å². The maximum Gasteiger partial charge on any atom is 0.311 e. The summed E-state index contributed by atoms with van der Waals surface area (Å²) in [6, 6.07) is 3.76. The lowest BCUT2D eigenvalue weighted by Gasteiger charge is -2.31. The zero-order valence-corrected chi connectivity index (χ0v) is 15.4. The van der Waals surface area contributed by atoms with Crippen LogP contribution in [0.2, 0.25) is 0 Å². The van der Waals surface area contributed by atoms with E-state index in [9.17, 15) is 14.7 Å². The second kappa shape index (κ2) is 6.56. The number of piperidine rings is 1.